The maximum absolute atomic E-state index is 12.3. The number of piperidine rings is 1. The summed E-state index contributed by atoms with van der Waals surface area (Å²) in [6, 6.07) is 6.06. The summed E-state index contributed by atoms with van der Waals surface area (Å²) in [6.07, 6.45) is 6.99. The highest BCUT2D eigenvalue weighted by atomic mass is 16.6. The number of imidazole rings is 1. The van der Waals surface area contributed by atoms with Gasteiger partial charge < -0.3 is 29.8 Å². The summed E-state index contributed by atoms with van der Waals surface area (Å²) < 4.78 is 19.1. The Morgan fingerprint density at radius 3 is 2.69 bits per heavy atom. The number of carbonyl (C=O) groups excluding carboxylic acids is 1. The van der Waals surface area contributed by atoms with Crippen LogP contribution >= 0.6 is 0 Å². The lowest BCUT2D eigenvalue weighted by Gasteiger charge is -2.33. The van der Waals surface area contributed by atoms with E-state index in [-0.39, 0.29) is 6.09 Å². The first-order valence-corrected chi connectivity index (χ1v) is 13.9. The minimum Gasteiger partial charge on any atom is -0.483 e. The second kappa shape index (κ2) is 11.8. The third-order valence-corrected chi connectivity index (χ3v) is 7.31. The number of allylic oxidation sites excluding steroid dienone is 1. The van der Waals surface area contributed by atoms with E-state index in [1.54, 1.807) is 4.90 Å². The fraction of sp³-hybridized carbons (Fsp3) is 0.552. The maximum atomic E-state index is 12.3. The molecule has 5 rings (SSSR count). The fourth-order valence-electron chi connectivity index (χ4n) is 5.19. The number of aromatic nitrogens is 2. The molecule has 10 nitrogen and oxygen atoms in total. The summed E-state index contributed by atoms with van der Waals surface area (Å²) in [4.78, 5) is 21.3. The molecule has 1 aromatic carbocycles. The van der Waals surface area contributed by atoms with Crippen molar-refractivity contribution in [3.05, 3.63) is 47.7 Å². The molecule has 0 aliphatic carbocycles. The standard InChI is InChI=1S/C29H40N6O4/c1-29(2,3)39-28(36)34-8-6-21(7-9-34)16-31-17-23(15-30)22-4-5-25-26(14-22)38-20-27-32-24(19-35(25)27)18-33-10-12-37-13-11-33/h4-5,14-15,17,19,21,30-31H,6-13,16,18,20H2,1-3H3/b23-17+,30-15?. The lowest BCUT2D eigenvalue weighted by Crippen LogP contribution is -2.43. The SMILES string of the molecule is CC(C)(C)OC(=O)N1CCC(CN/C=C(\C=N)c2ccc3c(c2)OCc2nc(CN4CCOCC4)cn2-3)CC1. The zero-order chi connectivity index (χ0) is 27.4. The summed E-state index contributed by atoms with van der Waals surface area (Å²) in [5.74, 6) is 2.16. The molecule has 39 heavy (non-hydrogen) atoms. The number of likely N-dealkylation sites (tertiary alicyclic amines) is 1. The smallest absolute Gasteiger partial charge is 0.410 e. The molecule has 3 aliphatic heterocycles. The van der Waals surface area contributed by atoms with Crippen LogP contribution in [0.25, 0.3) is 11.3 Å². The summed E-state index contributed by atoms with van der Waals surface area (Å²) in [6.45, 7) is 12.5. The second-order valence-corrected chi connectivity index (χ2v) is 11.4. The molecule has 210 valence electrons. The van der Waals surface area contributed by atoms with Gasteiger partial charge in [0.15, 0.2) is 5.82 Å². The van der Waals surface area contributed by atoms with Crippen molar-refractivity contribution >= 4 is 17.9 Å². The Morgan fingerprint density at radius 1 is 1.21 bits per heavy atom. The molecule has 0 atom stereocenters. The highest BCUT2D eigenvalue weighted by Gasteiger charge is 2.27. The average Bonchev–Trinajstić information content (AvgIpc) is 3.33. The van der Waals surface area contributed by atoms with Crippen LogP contribution in [0.5, 0.6) is 5.75 Å². The van der Waals surface area contributed by atoms with E-state index in [9.17, 15) is 4.79 Å². The molecule has 10 heteroatoms. The highest BCUT2D eigenvalue weighted by molar-refractivity contribution is 6.08. The van der Waals surface area contributed by atoms with Crippen LogP contribution in [0.2, 0.25) is 0 Å². The minimum atomic E-state index is -0.474. The van der Waals surface area contributed by atoms with E-state index in [1.807, 2.05) is 45.2 Å². The van der Waals surface area contributed by atoms with Crippen molar-refractivity contribution in [2.24, 2.45) is 5.92 Å². The molecule has 0 unspecified atom stereocenters. The predicted molar refractivity (Wildman–Crippen MR) is 149 cm³/mol. The minimum absolute atomic E-state index is 0.231. The van der Waals surface area contributed by atoms with Gasteiger partial charge in [-0.2, -0.15) is 0 Å². The Hall–Kier alpha value is -3.37. The van der Waals surface area contributed by atoms with Crippen molar-refractivity contribution in [3.8, 4) is 11.4 Å². The first-order valence-electron chi connectivity index (χ1n) is 13.9. The van der Waals surface area contributed by atoms with E-state index in [0.717, 1.165) is 86.3 Å². The normalized spacial score (nSPS) is 18.6. The predicted octanol–water partition coefficient (Wildman–Crippen LogP) is 3.82. The largest absolute Gasteiger partial charge is 0.483 e. The van der Waals surface area contributed by atoms with E-state index < -0.39 is 5.60 Å². The molecule has 0 saturated carbocycles. The van der Waals surface area contributed by atoms with Gasteiger partial charge in [-0.1, -0.05) is 6.07 Å². The number of morpholine rings is 1. The number of amides is 1. The molecular weight excluding hydrogens is 496 g/mol. The number of benzene rings is 1. The van der Waals surface area contributed by atoms with Gasteiger partial charge in [-0.05, 0) is 57.2 Å². The van der Waals surface area contributed by atoms with Crippen molar-refractivity contribution in [1.29, 1.82) is 5.41 Å². The number of carbonyl (C=O) groups is 1. The molecule has 2 saturated heterocycles. The molecule has 2 N–H and O–H groups in total. The summed E-state index contributed by atoms with van der Waals surface area (Å²) in [5, 5.41) is 11.4. The summed E-state index contributed by atoms with van der Waals surface area (Å²) >= 11 is 0. The molecule has 1 aromatic heterocycles. The number of rotatable bonds is 7. The average molecular weight is 537 g/mol. The molecule has 1 amide bonds. The van der Waals surface area contributed by atoms with Gasteiger partial charge in [0.1, 0.15) is 18.0 Å². The number of ether oxygens (including phenoxy) is 3. The van der Waals surface area contributed by atoms with Gasteiger partial charge in [-0.15, -0.1) is 0 Å². The van der Waals surface area contributed by atoms with Gasteiger partial charge in [0, 0.05) is 63.5 Å². The Labute approximate surface area is 230 Å². The Kier molecular flexibility index (Phi) is 8.23. The van der Waals surface area contributed by atoms with Crippen LogP contribution in [0.1, 0.15) is 50.7 Å². The number of fused-ring (bicyclic) bond motifs is 3. The van der Waals surface area contributed by atoms with E-state index >= 15 is 0 Å². The molecule has 0 radical (unpaired) electrons. The molecule has 2 fully saturated rings. The van der Waals surface area contributed by atoms with Crippen molar-refractivity contribution in [1.82, 2.24) is 24.7 Å². The second-order valence-electron chi connectivity index (χ2n) is 11.4. The highest BCUT2D eigenvalue weighted by Crippen LogP contribution is 2.32. The van der Waals surface area contributed by atoms with Crippen molar-refractivity contribution < 1.29 is 19.0 Å². The van der Waals surface area contributed by atoms with Gasteiger partial charge in [-0.3, -0.25) is 9.47 Å². The third kappa shape index (κ3) is 6.80. The molecule has 2 aromatic rings. The van der Waals surface area contributed by atoms with Gasteiger partial charge >= 0.3 is 6.09 Å². The van der Waals surface area contributed by atoms with Crippen LogP contribution < -0.4 is 10.1 Å². The number of nitrogens with zero attached hydrogens (tertiary/aromatic N) is 4. The lowest BCUT2D eigenvalue weighted by molar-refractivity contribution is 0.0185. The number of hydrogen-bond donors (Lipinski definition) is 2. The van der Waals surface area contributed by atoms with Crippen LogP contribution in [0.15, 0.2) is 30.6 Å². The van der Waals surface area contributed by atoms with Gasteiger partial charge in [-0.25, -0.2) is 9.78 Å². The van der Waals surface area contributed by atoms with Crippen LogP contribution in [0, 0.1) is 11.3 Å². The Balaban J connectivity index is 1.17. The van der Waals surface area contributed by atoms with Crippen LogP contribution in [-0.4, -0.2) is 83.2 Å². The van der Waals surface area contributed by atoms with E-state index in [2.05, 4.69) is 21.0 Å². The van der Waals surface area contributed by atoms with E-state index in [4.69, 9.17) is 24.6 Å². The zero-order valence-electron chi connectivity index (χ0n) is 23.2. The lowest BCUT2D eigenvalue weighted by atomic mass is 9.97. The fourth-order valence-corrected chi connectivity index (χ4v) is 5.19. The molecule has 3 aliphatic rings. The molecule has 4 heterocycles. The van der Waals surface area contributed by atoms with Gasteiger partial charge in [0.25, 0.3) is 0 Å². The summed E-state index contributed by atoms with van der Waals surface area (Å²) in [5.41, 5.74) is 3.24. The first-order chi connectivity index (χ1) is 18.8. The van der Waals surface area contributed by atoms with Gasteiger partial charge in [0.2, 0.25) is 0 Å². The molecule has 0 bridgehead atoms. The summed E-state index contributed by atoms with van der Waals surface area (Å²) in [7, 11) is 0. The topological polar surface area (TPSA) is 105 Å². The quantitative estimate of drug-likeness (QED) is 0.519. The maximum Gasteiger partial charge on any atom is 0.410 e. The molecule has 0 spiro atoms. The van der Waals surface area contributed by atoms with Crippen molar-refractivity contribution in [2.75, 3.05) is 45.9 Å². The Morgan fingerprint density at radius 2 is 1.97 bits per heavy atom. The number of nitrogens with one attached hydrogen (secondary N) is 2. The van der Waals surface area contributed by atoms with Crippen molar-refractivity contribution in [3.63, 3.8) is 0 Å². The van der Waals surface area contributed by atoms with E-state index in [0.29, 0.717) is 25.6 Å². The monoisotopic (exact) mass is 536 g/mol. The van der Waals surface area contributed by atoms with Crippen molar-refractivity contribution in [2.45, 2.75) is 52.4 Å². The molecular formula is C29H40N6O4. The number of hydrogen-bond acceptors (Lipinski definition) is 8. The van der Waals surface area contributed by atoms with Gasteiger partial charge in [0.05, 0.1) is 24.6 Å². The Bertz CT molecular complexity index is 1200. The third-order valence-electron chi connectivity index (χ3n) is 7.31. The van der Waals surface area contributed by atoms with Crippen LogP contribution in [-0.2, 0) is 22.6 Å². The van der Waals surface area contributed by atoms with Crippen LogP contribution in [0.4, 0.5) is 4.79 Å². The first kappa shape index (κ1) is 27.2. The van der Waals surface area contributed by atoms with Crippen LogP contribution in [0.3, 0.4) is 0 Å². The zero-order valence-corrected chi connectivity index (χ0v) is 23.2. The van der Waals surface area contributed by atoms with E-state index in [1.165, 1.54) is 6.21 Å².